The fourth-order valence-corrected chi connectivity index (χ4v) is 4.23. The van der Waals surface area contributed by atoms with E-state index >= 15 is 0 Å². The number of aliphatic imine (C=N–C) groups is 1. The summed E-state index contributed by atoms with van der Waals surface area (Å²) >= 11 is 0. The maximum atomic E-state index is 6.29. The number of nitrogens with zero attached hydrogens (tertiary/aromatic N) is 4. The van der Waals surface area contributed by atoms with Gasteiger partial charge in [-0.25, -0.2) is 9.98 Å². The summed E-state index contributed by atoms with van der Waals surface area (Å²) in [7, 11) is 1.64. The summed E-state index contributed by atoms with van der Waals surface area (Å²) < 4.78 is 11.5. The number of methoxy groups -OCH3 is 1. The van der Waals surface area contributed by atoms with Gasteiger partial charge >= 0.3 is 0 Å². The second-order valence-electron chi connectivity index (χ2n) is 7.07. The molecule has 3 fully saturated rings. The van der Waals surface area contributed by atoms with E-state index in [0.29, 0.717) is 17.8 Å². The second-order valence-corrected chi connectivity index (χ2v) is 7.07. The smallest absolute Gasteiger partial charge is 0.291 e. The van der Waals surface area contributed by atoms with Crippen LogP contribution in [-0.2, 0) is 4.74 Å². The van der Waals surface area contributed by atoms with Crippen LogP contribution in [0.4, 0.5) is 5.82 Å². The van der Waals surface area contributed by atoms with Crippen LogP contribution in [0.15, 0.2) is 29.4 Å². The minimum Gasteiger partial charge on any atom is -0.497 e. The van der Waals surface area contributed by atoms with E-state index in [-0.39, 0.29) is 5.60 Å². The molecule has 25 heavy (non-hydrogen) atoms. The summed E-state index contributed by atoms with van der Waals surface area (Å²) in [6.07, 6.45) is 4.12. The van der Waals surface area contributed by atoms with Crippen LogP contribution in [0.3, 0.4) is 0 Å². The molecule has 1 unspecified atom stereocenters. The summed E-state index contributed by atoms with van der Waals surface area (Å²) in [6, 6.07) is 6.22. The average molecular weight is 339 g/mol. The lowest BCUT2D eigenvalue weighted by Gasteiger charge is -2.50. The Hall–Kier alpha value is -2.41. The van der Waals surface area contributed by atoms with Crippen LogP contribution in [0.25, 0.3) is 11.0 Å². The molecule has 0 amide bonds. The van der Waals surface area contributed by atoms with Crippen molar-refractivity contribution in [2.24, 2.45) is 10.9 Å². The fraction of sp³-hybridized carbons (Fsp3) is 0.500. The predicted molar refractivity (Wildman–Crippen MR) is 95.0 cm³/mol. The molecule has 3 saturated heterocycles. The highest BCUT2D eigenvalue weighted by atomic mass is 16.5. The zero-order valence-corrected chi connectivity index (χ0v) is 14.2. The van der Waals surface area contributed by atoms with Gasteiger partial charge in [0.05, 0.1) is 30.9 Å². The average Bonchev–Trinajstić information content (AvgIpc) is 3.04. The van der Waals surface area contributed by atoms with Crippen molar-refractivity contribution in [3.05, 3.63) is 24.4 Å². The van der Waals surface area contributed by atoms with E-state index in [1.165, 1.54) is 25.9 Å². The number of piperidine rings is 3. The first-order chi connectivity index (χ1) is 12.2. The molecule has 1 spiro atoms. The van der Waals surface area contributed by atoms with E-state index in [9.17, 15) is 0 Å². The number of fused-ring (bicyclic) bond motifs is 3. The largest absolute Gasteiger partial charge is 0.497 e. The van der Waals surface area contributed by atoms with Crippen LogP contribution in [-0.4, -0.2) is 59.8 Å². The normalized spacial score (nSPS) is 30.4. The van der Waals surface area contributed by atoms with E-state index in [1.54, 1.807) is 13.3 Å². The number of ether oxygens (including phenoxy) is 2. The van der Waals surface area contributed by atoms with Gasteiger partial charge in [0.15, 0.2) is 5.82 Å². The van der Waals surface area contributed by atoms with Crippen LogP contribution in [0.5, 0.6) is 5.75 Å². The molecule has 0 saturated carbocycles. The molecule has 1 N–H and O–H groups in total. The summed E-state index contributed by atoms with van der Waals surface area (Å²) in [5.41, 5.74) is 1.46. The van der Waals surface area contributed by atoms with Gasteiger partial charge in [-0.1, -0.05) is 0 Å². The Bertz CT molecular complexity index is 846. The third-order valence-electron chi connectivity index (χ3n) is 5.60. The zero-order chi connectivity index (χ0) is 16.9. The van der Waals surface area contributed by atoms with E-state index in [2.05, 4.69) is 25.2 Å². The molecular weight excluding hydrogens is 318 g/mol. The third kappa shape index (κ3) is 2.50. The molecule has 5 heterocycles. The van der Waals surface area contributed by atoms with Gasteiger partial charge in [0.1, 0.15) is 11.4 Å². The number of nitrogens with one attached hydrogen (secondary N) is 1. The minimum atomic E-state index is -0.142. The standard InChI is InChI=1S/C18H21N5O2/c1-24-13-2-3-14-15(8-13)19-9-16(21-14)22-17-20-10-18(25-17)11-23-6-4-12(18)5-7-23/h2-3,8-9,12H,4-7,10-11H2,1H3,(H,20,21,22). The number of rotatable bonds is 2. The number of aromatic nitrogens is 2. The molecule has 1 atom stereocenters. The Morgan fingerprint density at radius 1 is 1.28 bits per heavy atom. The lowest BCUT2D eigenvalue weighted by Crippen LogP contribution is -2.61. The van der Waals surface area contributed by atoms with E-state index in [4.69, 9.17) is 9.47 Å². The van der Waals surface area contributed by atoms with Crippen molar-refractivity contribution < 1.29 is 9.47 Å². The van der Waals surface area contributed by atoms with Crippen molar-refractivity contribution in [1.82, 2.24) is 14.9 Å². The van der Waals surface area contributed by atoms with Gasteiger partial charge in [0.2, 0.25) is 0 Å². The Morgan fingerprint density at radius 2 is 2.16 bits per heavy atom. The van der Waals surface area contributed by atoms with Gasteiger partial charge in [0, 0.05) is 18.5 Å². The van der Waals surface area contributed by atoms with Crippen molar-refractivity contribution in [1.29, 1.82) is 0 Å². The Morgan fingerprint density at radius 3 is 2.92 bits per heavy atom. The first-order valence-corrected chi connectivity index (χ1v) is 8.78. The minimum absolute atomic E-state index is 0.142. The summed E-state index contributed by atoms with van der Waals surface area (Å²) in [6.45, 7) is 4.10. The molecule has 2 aromatic rings. The van der Waals surface area contributed by atoms with Crippen LogP contribution < -0.4 is 10.1 Å². The molecule has 0 aliphatic carbocycles. The lowest BCUT2D eigenvalue weighted by atomic mass is 9.75. The Kier molecular flexibility index (Phi) is 3.31. The molecule has 0 radical (unpaired) electrons. The summed E-state index contributed by atoms with van der Waals surface area (Å²) in [5, 5.41) is 3.20. The number of benzene rings is 1. The van der Waals surface area contributed by atoms with Gasteiger partial charge in [-0.3, -0.25) is 15.2 Å². The third-order valence-corrected chi connectivity index (χ3v) is 5.60. The molecule has 130 valence electrons. The molecule has 7 nitrogen and oxygen atoms in total. The maximum absolute atomic E-state index is 6.29. The predicted octanol–water partition coefficient (Wildman–Crippen LogP) is 1.90. The Balaban J connectivity index is 1.33. The van der Waals surface area contributed by atoms with Crippen molar-refractivity contribution in [2.75, 3.05) is 38.6 Å². The van der Waals surface area contributed by atoms with E-state index in [1.807, 2.05) is 18.2 Å². The highest BCUT2D eigenvalue weighted by molar-refractivity contribution is 5.90. The summed E-state index contributed by atoms with van der Waals surface area (Å²) in [5.74, 6) is 2.03. The quantitative estimate of drug-likeness (QED) is 0.901. The van der Waals surface area contributed by atoms with Crippen LogP contribution in [0.2, 0.25) is 0 Å². The fourth-order valence-electron chi connectivity index (χ4n) is 4.23. The topological polar surface area (TPSA) is 71.9 Å². The second kappa shape index (κ2) is 5.56. The van der Waals surface area contributed by atoms with Crippen LogP contribution in [0, 0.1) is 5.92 Å². The van der Waals surface area contributed by atoms with E-state index < -0.39 is 0 Å². The first kappa shape index (κ1) is 14.9. The van der Waals surface area contributed by atoms with Crippen LogP contribution >= 0.6 is 0 Å². The van der Waals surface area contributed by atoms with Crippen molar-refractivity contribution >= 4 is 22.9 Å². The first-order valence-electron chi connectivity index (χ1n) is 8.78. The lowest BCUT2D eigenvalue weighted by molar-refractivity contribution is -0.0829. The Labute approximate surface area is 146 Å². The van der Waals surface area contributed by atoms with Crippen LogP contribution in [0.1, 0.15) is 12.8 Å². The zero-order valence-electron chi connectivity index (χ0n) is 14.2. The molecule has 2 bridgehead atoms. The highest BCUT2D eigenvalue weighted by Gasteiger charge is 2.51. The highest BCUT2D eigenvalue weighted by Crippen LogP contribution is 2.40. The molecule has 4 aliphatic heterocycles. The number of anilines is 1. The molecule has 1 aromatic carbocycles. The van der Waals surface area contributed by atoms with Gasteiger partial charge in [-0.2, -0.15) is 0 Å². The van der Waals surface area contributed by atoms with Crippen molar-refractivity contribution in [3.63, 3.8) is 0 Å². The molecular formula is C18H21N5O2. The van der Waals surface area contributed by atoms with Gasteiger partial charge < -0.3 is 9.47 Å². The SMILES string of the molecule is COc1ccc2nc(NC3=NCC4(CN5CCC4CC5)O3)cnc2c1. The van der Waals surface area contributed by atoms with Crippen molar-refractivity contribution in [3.8, 4) is 5.75 Å². The van der Waals surface area contributed by atoms with Gasteiger partial charge in [-0.15, -0.1) is 0 Å². The summed E-state index contributed by atoms with van der Waals surface area (Å²) in [4.78, 5) is 16.1. The van der Waals surface area contributed by atoms with Crippen molar-refractivity contribution in [2.45, 2.75) is 18.4 Å². The molecule has 6 rings (SSSR count). The van der Waals surface area contributed by atoms with E-state index in [0.717, 1.165) is 29.9 Å². The molecule has 1 aromatic heterocycles. The maximum Gasteiger partial charge on any atom is 0.291 e. The number of hydrogen-bond acceptors (Lipinski definition) is 7. The number of hydrogen-bond donors (Lipinski definition) is 1. The monoisotopic (exact) mass is 339 g/mol. The number of amidine groups is 1. The van der Waals surface area contributed by atoms with Gasteiger partial charge in [0.25, 0.3) is 6.02 Å². The van der Waals surface area contributed by atoms with Gasteiger partial charge in [-0.05, 0) is 38.1 Å². The molecule has 7 heteroatoms. The molecule has 4 aliphatic rings.